The summed E-state index contributed by atoms with van der Waals surface area (Å²) in [5.74, 6) is 0. The molecule has 0 saturated heterocycles. The monoisotopic (exact) mass is 240 g/mol. The summed E-state index contributed by atoms with van der Waals surface area (Å²) in [5, 5.41) is 0.773. The van der Waals surface area contributed by atoms with Gasteiger partial charge in [-0.15, -0.1) is 0 Å². The predicted octanol–water partition coefficient (Wildman–Crippen LogP) is 3.60. The van der Waals surface area contributed by atoms with Gasteiger partial charge < -0.3 is 10.6 Å². The maximum atomic E-state index is 6.24. The number of rotatable bonds is 5. The highest BCUT2D eigenvalue weighted by atomic mass is 35.5. The first-order valence-corrected chi connectivity index (χ1v) is 6.16. The summed E-state index contributed by atoms with van der Waals surface area (Å²) in [6, 6.07) is 6.14. The van der Waals surface area contributed by atoms with Crippen molar-refractivity contribution in [3.8, 4) is 0 Å². The molecule has 0 fully saturated rings. The maximum Gasteiger partial charge on any atom is 0.0474 e. The van der Waals surface area contributed by atoms with Crippen molar-refractivity contribution in [3.05, 3.63) is 28.8 Å². The van der Waals surface area contributed by atoms with Gasteiger partial charge in [-0.05, 0) is 24.1 Å². The van der Waals surface area contributed by atoms with Crippen LogP contribution in [-0.2, 0) is 0 Å². The summed E-state index contributed by atoms with van der Waals surface area (Å²) >= 11 is 6.24. The Morgan fingerprint density at radius 3 is 2.56 bits per heavy atom. The van der Waals surface area contributed by atoms with Crippen molar-refractivity contribution in [1.29, 1.82) is 0 Å². The second kappa shape index (κ2) is 6.12. The molecule has 2 nitrogen and oxygen atoms in total. The van der Waals surface area contributed by atoms with Crippen LogP contribution in [0.1, 0.15) is 37.8 Å². The lowest BCUT2D eigenvalue weighted by atomic mass is 10.0. The molecule has 0 spiro atoms. The van der Waals surface area contributed by atoms with E-state index < -0.39 is 0 Å². The van der Waals surface area contributed by atoms with Gasteiger partial charge in [-0.3, -0.25) is 0 Å². The standard InChI is InChI=1S/C13H21ClN2/c1-4-5-6-13(15)11-8-7-10(16(2)3)9-12(11)14/h7-9,13H,4-6,15H2,1-3H3/t13-/m0/s1. The molecule has 1 aromatic rings. The third kappa shape index (κ3) is 3.39. The fourth-order valence-electron chi connectivity index (χ4n) is 1.67. The Bertz CT molecular complexity index is 337. The van der Waals surface area contributed by atoms with Crippen LogP contribution in [0.2, 0.25) is 5.02 Å². The minimum absolute atomic E-state index is 0.0589. The fourth-order valence-corrected chi connectivity index (χ4v) is 1.99. The Kier molecular flexibility index (Phi) is 5.10. The summed E-state index contributed by atoms with van der Waals surface area (Å²) < 4.78 is 0. The molecule has 0 heterocycles. The summed E-state index contributed by atoms with van der Waals surface area (Å²) in [5.41, 5.74) is 8.27. The summed E-state index contributed by atoms with van der Waals surface area (Å²) in [4.78, 5) is 2.03. The van der Waals surface area contributed by atoms with Crippen LogP contribution in [-0.4, -0.2) is 14.1 Å². The van der Waals surface area contributed by atoms with Crippen LogP contribution in [0, 0.1) is 0 Å². The first kappa shape index (κ1) is 13.3. The highest BCUT2D eigenvalue weighted by molar-refractivity contribution is 6.31. The third-order valence-electron chi connectivity index (χ3n) is 2.77. The van der Waals surface area contributed by atoms with E-state index in [0.717, 1.165) is 29.1 Å². The van der Waals surface area contributed by atoms with E-state index in [9.17, 15) is 0 Å². The Balaban J connectivity index is 2.81. The number of halogens is 1. The number of unbranched alkanes of at least 4 members (excludes halogenated alkanes) is 1. The third-order valence-corrected chi connectivity index (χ3v) is 3.10. The molecule has 0 aliphatic rings. The van der Waals surface area contributed by atoms with Crippen molar-refractivity contribution in [2.45, 2.75) is 32.2 Å². The normalized spacial score (nSPS) is 12.6. The van der Waals surface area contributed by atoms with Gasteiger partial charge in [-0.25, -0.2) is 0 Å². The minimum atomic E-state index is 0.0589. The van der Waals surface area contributed by atoms with Crippen molar-refractivity contribution in [1.82, 2.24) is 0 Å². The molecule has 1 aromatic carbocycles. The molecule has 0 radical (unpaired) electrons. The molecule has 16 heavy (non-hydrogen) atoms. The second-order valence-corrected chi connectivity index (χ2v) is 4.76. The average Bonchev–Trinajstić information content (AvgIpc) is 2.25. The van der Waals surface area contributed by atoms with Crippen LogP contribution in [0.25, 0.3) is 0 Å². The first-order valence-electron chi connectivity index (χ1n) is 5.78. The average molecular weight is 241 g/mol. The van der Waals surface area contributed by atoms with E-state index in [2.05, 4.69) is 13.0 Å². The Hall–Kier alpha value is -0.730. The lowest BCUT2D eigenvalue weighted by Crippen LogP contribution is -2.12. The van der Waals surface area contributed by atoms with Gasteiger partial charge in [0.1, 0.15) is 0 Å². The van der Waals surface area contributed by atoms with Crippen LogP contribution < -0.4 is 10.6 Å². The highest BCUT2D eigenvalue weighted by Crippen LogP contribution is 2.28. The number of nitrogens with two attached hydrogens (primary N) is 1. The van der Waals surface area contributed by atoms with Gasteiger partial charge in [0.2, 0.25) is 0 Å². The van der Waals surface area contributed by atoms with Gasteiger partial charge in [-0.2, -0.15) is 0 Å². The van der Waals surface area contributed by atoms with Crippen molar-refractivity contribution >= 4 is 17.3 Å². The zero-order valence-corrected chi connectivity index (χ0v) is 11.1. The first-order chi connectivity index (χ1) is 7.56. The molecule has 0 aliphatic heterocycles. The van der Waals surface area contributed by atoms with Crippen LogP contribution in [0.15, 0.2) is 18.2 Å². The van der Waals surface area contributed by atoms with Gasteiger partial charge in [0.05, 0.1) is 0 Å². The van der Waals surface area contributed by atoms with Gasteiger partial charge in [-0.1, -0.05) is 37.4 Å². The Labute approximate surface area is 103 Å². The molecule has 0 aromatic heterocycles. The molecule has 0 bridgehead atoms. The van der Waals surface area contributed by atoms with Gasteiger partial charge in [0, 0.05) is 30.8 Å². The zero-order chi connectivity index (χ0) is 12.1. The molecule has 0 unspecified atom stereocenters. The number of hydrogen-bond donors (Lipinski definition) is 1. The largest absolute Gasteiger partial charge is 0.378 e. The van der Waals surface area contributed by atoms with E-state index in [1.165, 1.54) is 6.42 Å². The van der Waals surface area contributed by atoms with E-state index in [4.69, 9.17) is 17.3 Å². The van der Waals surface area contributed by atoms with Crippen molar-refractivity contribution in [2.24, 2.45) is 5.73 Å². The van der Waals surface area contributed by atoms with E-state index >= 15 is 0 Å². The topological polar surface area (TPSA) is 29.3 Å². The molecule has 0 saturated carbocycles. The van der Waals surface area contributed by atoms with Gasteiger partial charge in [0.15, 0.2) is 0 Å². The van der Waals surface area contributed by atoms with E-state index in [0.29, 0.717) is 0 Å². The van der Waals surface area contributed by atoms with E-state index in [-0.39, 0.29) is 6.04 Å². The fraction of sp³-hybridized carbons (Fsp3) is 0.538. The molecule has 90 valence electrons. The van der Waals surface area contributed by atoms with Crippen LogP contribution in [0.5, 0.6) is 0 Å². The molecule has 0 aliphatic carbocycles. The summed E-state index contributed by atoms with van der Waals surface area (Å²) in [6.45, 7) is 2.17. The molecule has 0 amide bonds. The van der Waals surface area contributed by atoms with Gasteiger partial charge in [0.25, 0.3) is 0 Å². The smallest absolute Gasteiger partial charge is 0.0474 e. The van der Waals surface area contributed by atoms with E-state index in [1.807, 2.05) is 31.1 Å². The molecule has 3 heteroatoms. The predicted molar refractivity (Wildman–Crippen MR) is 72.2 cm³/mol. The number of hydrogen-bond acceptors (Lipinski definition) is 2. The quantitative estimate of drug-likeness (QED) is 0.852. The molecular formula is C13H21ClN2. The molecule has 2 N–H and O–H groups in total. The lowest BCUT2D eigenvalue weighted by Gasteiger charge is -2.17. The van der Waals surface area contributed by atoms with Crippen LogP contribution in [0.3, 0.4) is 0 Å². The van der Waals surface area contributed by atoms with Crippen molar-refractivity contribution in [3.63, 3.8) is 0 Å². The van der Waals surface area contributed by atoms with Crippen LogP contribution in [0.4, 0.5) is 5.69 Å². The number of nitrogens with zero attached hydrogens (tertiary/aromatic N) is 1. The second-order valence-electron chi connectivity index (χ2n) is 4.35. The lowest BCUT2D eigenvalue weighted by molar-refractivity contribution is 0.603. The van der Waals surface area contributed by atoms with Gasteiger partial charge >= 0.3 is 0 Å². The van der Waals surface area contributed by atoms with Crippen molar-refractivity contribution < 1.29 is 0 Å². The maximum absolute atomic E-state index is 6.24. The summed E-state index contributed by atoms with van der Waals surface area (Å²) in [6.07, 6.45) is 3.31. The summed E-state index contributed by atoms with van der Waals surface area (Å²) in [7, 11) is 4.00. The SMILES string of the molecule is CCCC[C@H](N)c1ccc(N(C)C)cc1Cl. The number of anilines is 1. The number of benzene rings is 1. The van der Waals surface area contributed by atoms with Crippen LogP contribution >= 0.6 is 11.6 Å². The minimum Gasteiger partial charge on any atom is -0.378 e. The molecule has 1 atom stereocenters. The Morgan fingerprint density at radius 2 is 2.06 bits per heavy atom. The molecule has 1 rings (SSSR count). The highest BCUT2D eigenvalue weighted by Gasteiger charge is 2.10. The molecular weight excluding hydrogens is 220 g/mol. The zero-order valence-electron chi connectivity index (χ0n) is 10.3. The Morgan fingerprint density at radius 1 is 1.38 bits per heavy atom. The van der Waals surface area contributed by atoms with E-state index in [1.54, 1.807) is 0 Å². The van der Waals surface area contributed by atoms with Crippen molar-refractivity contribution in [2.75, 3.05) is 19.0 Å².